The third kappa shape index (κ3) is 17.9. The number of hydrogen-bond acceptors (Lipinski definition) is 15. The smallest absolute Gasteiger partial charge is 0.246 e. The molecule has 95 heavy (non-hydrogen) atoms. The topological polar surface area (TPSA) is 358 Å². The number of carbonyl (C=O) groups is 11. The lowest BCUT2D eigenvalue weighted by Crippen LogP contribution is -2.62. The number of hydrogen-bond donors (Lipinski definition) is 10. The third-order valence-corrected chi connectivity index (χ3v) is 18.6. The maximum Gasteiger partial charge on any atom is 0.246 e. The second-order valence-electron chi connectivity index (χ2n) is 25.7. The quantitative estimate of drug-likeness (QED) is 0.112. The third-order valence-electron chi connectivity index (χ3n) is 18.6. The summed E-state index contributed by atoms with van der Waals surface area (Å²) in [5.74, 6) is -10.2. The van der Waals surface area contributed by atoms with E-state index < -0.39 is 138 Å². The fourth-order valence-electron chi connectivity index (χ4n) is 13.1. The molecule has 2 fully saturated rings. The van der Waals surface area contributed by atoms with Gasteiger partial charge in [-0.25, -0.2) is 4.39 Å². The molecule has 10 rings (SSSR count). The Kier molecular flexibility index (Phi) is 23.6. The molecule has 0 saturated carbocycles. The van der Waals surface area contributed by atoms with E-state index >= 15 is 23.6 Å². The van der Waals surface area contributed by atoms with Crippen molar-refractivity contribution in [3.8, 4) is 0 Å². The molecule has 25 heteroatoms. The van der Waals surface area contributed by atoms with Crippen molar-refractivity contribution < 1.29 is 72.1 Å². The number of Topliss-reactive ketones (excluding diaryl/α,β-unsaturated/α-hetero) is 3. The summed E-state index contributed by atoms with van der Waals surface area (Å²) >= 11 is 0. The van der Waals surface area contributed by atoms with Crippen LogP contribution in [-0.2, 0) is 103 Å². The molecular weight excluding hydrogens is 1220 g/mol. The lowest BCUT2D eigenvalue weighted by Gasteiger charge is -2.37. The number of H-pyrrole nitrogens is 1. The molecule has 5 aliphatic rings. The lowest BCUT2D eigenvalue weighted by molar-refractivity contribution is -0.148. The number of nitrogens with zero attached hydrogens (tertiary/aromatic N) is 2. The van der Waals surface area contributed by atoms with Crippen LogP contribution in [0.4, 0.5) is 4.39 Å². The van der Waals surface area contributed by atoms with Gasteiger partial charge in [0.15, 0.2) is 11.6 Å². The molecule has 2 saturated heterocycles. The van der Waals surface area contributed by atoms with Crippen molar-refractivity contribution in [3.63, 3.8) is 0 Å². The number of aliphatic hydroxyl groups excluding tert-OH is 2. The number of amides is 8. The van der Waals surface area contributed by atoms with Crippen molar-refractivity contribution in [2.75, 3.05) is 26.2 Å². The predicted octanol–water partition coefficient (Wildman–Crippen LogP) is 2.28. The summed E-state index contributed by atoms with van der Waals surface area (Å²) in [6.45, 7) is 3.21. The van der Waals surface area contributed by atoms with Crippen molar-refractivity contribution in [2.24, 2.45) is 17.6 Å². The minimum absolute atomic E-state index is 0.0343. The molecule has 0 unspecified atom stereocenters. The Labute approximate surface area is 549 Å². The SMILES string of the molecule is C[C@@H]1CC(=O)CCC(=O)NCc2ccc(cc2)CCCC(=O)[C@]2(C)CCCN2C(=O)[C@H](Cc2ccc(CO)cc2)NC(=O)[C@H]([C@@H](C)O)NC(=O)[C@@H]2[C@@H]3CCN2C(=O)[C@H](Cc2c[nH]c4ccc(F)cc24)CC(=O)[C@H](Cc2cccc(c2)CNC(=O)CO3)NC(=O)[C@@H](CN)NC1=O. The van der Waals surface area contributed by atoms with Crippen molar-refractivity contribution in [2.45, 2.75) is 172 Å². The van der Waals surface area contributed by atoms with Crippen molar-refractivity contribution in [1.82, 2.24) is 46.7 Å². The van der Waals surface area contributed by atoms with Crippen LogP contribution in [0.5, 0.6) is 0 Å². The van der Waals surface area contributed by atoms with Crippen LogP contribution in [0.3, 0.4) is 0 Å². The van der Waals surface area contributed by atoms with Gasteiger partial charge < -0.3 is 67.4 Å². The van der Waals surface area contributed by atoms with Crippen LogP contribution < -0.4 is 37.6 Å². The zero-order valence-corrected chi connectivity index (χ0v) is 53.7. The summed E-state index contributed by atoms with van der Waals surface area (Å²) in [7, 11) is 0. The Bertz CT molecular complexity index is 3670. The average Bonchev–Trinajstić information content (AvgIpc) is 1.70. The van der Waals surface area contributed by atoms with E-state index in [1.807, 2.05) is 24.3 Å². The molecule has 24 nitrogen and oxygen atoms in total. The number of fused-ring (bicyclic) bond motifs is 26. The molecule has 8 amide bonds. The molecule has 8 bridgehead atoms. The second-order valence-corrected chi connectivity index (χ2v) is 25.7. The highest BCUT2D eigenvalue weighted by Gasteiger charge is 2.49. The standard InChI is InChI=1S/C70H85FN10O14/c1-40-27-51(84)20-22-60(87)74-35-44-15-11-42(12-16-44)7-5-10-59(86)70(3)24-6-25-81(70)69(94)55(29-43-13-17-45(38-82)18-14-43)77-66(91)62(41(2)83)79-67(92)63-58-23-26-80(63)68(93)48(31-49-37-73-53-21-19-50(71)33-52(49)53)32-57(85)54(76-65(90)56(34-72)78-64(40)89)30-46-8-4-9-47(28-46)36-75-61(88)39-95-58/h4,8-9,11-19,21,28,33,37,40-41,48,54-56,58,62-63,73,82-83H,5-7,10,20,22-27,29-32,34-36,38-39,72H2,1-3H3,(H,74,87)(H,75,88)(H,76,90)(H,77,91)(H,78,89)(H,79,92)/t40-,41-,48-,54+,55+,56-,58+,62+,63+,70+/m1/s1. The van der Waals surface area contributed by atoms with Gasteiger partial charge >= 0.3 is 0 Å². The van der Waals surface area contributed by atoms with Crippen molar-refractivity contribution in [3.05, 3.63) is 142 Å². The molecule has 10 atom stereocenters. The van der Waals surface area contributed by atoms with Crippen LogP contribution in [0.1, 0.15) is 118 Å². The molecule has 6 heterocycles. The van der Waals surface area contributed by atoms with Crippen LogP contribution in [-0.4, -0.2) is 164 Å². The first-order valence-electron chi connectivity index (χ1n) is 32.5. The van der Waals surface area contributed by atoms with Gasteiger partial charge in [-0.05, 0) is 116 Å². The van der Waals surface area contributed by atoms with Gasteiger partial charge in [-0.1, -0.05) is 79.7 Å². The first-order chi connectivity index (χ1) is 45.5. The van der Waals surface area contributed by atoms with Crippen LogP contribution in [0.15, 0.2) is 97.2 Å². The number of benzene rings is 4. The van der Waals surface area contributed by atoms with Crippen molar-refractivity contribution >= 4 is 75.5 Å². The van der Waals surface area contributed by atoms with E-state index in [9.17, 15) is 43.8 Å². The van der Waals surface area contributed by atoms with E-state index in [4.69, 9.17) is 10.5 Å². The van der Waals surface area contributed by atoms with Crippen LogP contribution >= 0.6 is 0 Å². The maximum absolute atomic E-state index is 15.7. The fraction of sp³-hybridized carbons (Fsp3) is 0.471. The van der Waals surface area contributed by atoms with Crippen LogP contribution in [0.2, 0.25) is 0 Å². The van der Waals surface area contributed by atoms with E-state index in [0.717, 1.165) is 16.0 Å². The zero-order chi connectivity index (χ0) is 68.1. The first kappa shape index (κ1) is 70.3. The van der Waals surface area contributed by atoms with E-state index in [0.29, 0.717) is 64.4 Å². The Balaban J connectivity index is 1.08. The summed E-state index contributed by atoms with van der Waals surface area (Å²) in [6, 6.07) is 17.2. The van der Waals surface area contributed by atoms with Crippen LogP contribution in [0.25, 0.3) is 10.9 Å². The highest BCUT2D eigenvalue weighted by atomic mass is 19.1. The number of nitrogens with one attached hydrogen (secondary N) is 7. The van der Waals surface area contributed by atoms with Gasteiger partial charge in [-0.3, -0.25) is 52.7 Å². The minimum atomic E-state index is -1.82. The van der Waals surface area contributed by atoms with Gasteiger partial charge in [-0.15, -0.1) is 0 Å². The van der Waals surface area contributed by atoms with Gasteiger partial charge in [0.1, 0.15) is 42.4 Å². The zero-order valence-electron chi connectivity index (χ0n) is 53.7. The predicted molar refractivity (Wildman–Crippen MR) is 345 cm³/mol. The number of ether oxygens (including phenoxy) is 1. The minimum Gasteiger partial charge on any atom is -0.392 e. The molecule has 0 spiro atoms. The van der Waals surface area contributed by atoms with Gasteiger partial charge in [0.05, 0.1) is 30.4 Å². The summed E-state index contributed by atoms with van der Waals surface area (Å²) in [4.78, 5) is 164. The van der Waals surface area contributed by atoms with Crippen molar-refractivity contribution in [1.29, 1.82) is 0 Å². The molecule has 506 valence electrons. The lowest BCUT2D eigenvalue weighted by atomic mass is 9.88. The molecule has 11 N–H and O–H groups in total. The summed E-state index contributed by atoms with van der Waals surface area (Å²) in [6.07, 6.45) is -1.30. The molecule has 4 aromatic carbocycles. The number of aryl methyl sites for hydroxylation is 1. The Morgan fingerprint density at radius 3 is 2.13 bits per heavy atom. The Morgan fingerprint density at radius 2 is 1.39 bits per heavy atom. The number of ketones is 3. The fourth-order valence-corrected chi connectivity index (χ4v) is 13.1. The highest BCUT2D eigenvalue weighted by Crippen LogP contribution is 2.34. The summed E-state index contributed by atoms with van der Waals surface area (Å²) in [5, 5.41) is 38.1. The molecule has 0 radical (unpaired) electrons. The van der Waals surface area contributed by atoms with E-state index in [2.05, 4.69) is 36.9 Å². The normalized spacial score (nSPS) is 26.2. The highest BCUT2D eigenvalue weighted by molar-refractivity contribution is 6.00. The van der Waals surface area contributed by atoms with E-state index in [1.165, 1.54) is 36.9 Å². The molecule has 0 aliphatic carbocycles. The number of nitrogens with two attached hydrogens (primary N) is 1. The van der Waals surface area contributed by atoms with Gasteiger partial charge in [0.2, 0.25) is 47.3 Å². The second kappa shape index (κ2) is 31.9. The number of aromatic amines is 1. The van der Waals surface area contributed by atoms with Gasteiger partial charge in [0, 0.05) is 100 Å². The number of aromatic nitrogens is 1. The van der Waals surface area contributed by atoms with Crippen LogP contribution in [0, 0.1) is 17.7 Å². The number of carbonyl (C=O) groups excluding carboxylic acids is 11. The number of rotatable bonds is 7. The summed E-state index contributed by atoms with van der Waals surface area (Å²) < 4.78 is 21.2. The Morgan fingerprint density at radius 1 is 0.684 bits per heavy atom. The average molecular weight is 1310 g/mol. The molecule has 5 aromatic rings. The molecular formula is C70H85FN10O14. The number of aliphatic hydroxyl groups is 2. The van der Waals surface area contributed by atoms with E-state index in [-0.39, 0.29) is 95.7 Å². The number of halogens is 1. The van der Waals surface area contributed by atoms with Gasteiger partial charge in [0.25, 0.3) is 0 Å². The summed E-state index contributed by atoms with van der Waals surface area (Å²) in [5.41, 5.74) is 9.69. The first-order valence-corrected chi connectivity index (χ1v) is 32.5. The van der Waals surface area contributed by atoms with E-state index in [1.54, 1.807) is 61.7 Å². The Hall–Kier alpha value is -9.04. The molecule has 1 aromatic heterocycles. The van der Waals surface area contributed by atoms with Gasteiger partial charge in [-0.2, -0.15) is 0 Å². The largest absolute Gasteiger partial charge is 0.392 e. The maximum atomic E-state index is 15.7. The monoisotopic (exact) mass is 1310 g/mol. The molecule has 5 aliphatic heterocycles.